The lowest BCUT2D eigenvalue weighted by Gasteiger charge is -2.40. The molecule has 1 aromatic rings. The molecular weight excluding hydrogens is 424 g/mol. The number of hydrogen-bond donors (Lipinski definition) is 0. The van der Waals surface area contributed by atoms with Crippen LogP contribution in [0.3, 0.4) is 0 Å². The Kier molecular flexibility index (Phi) is 6.12. The van der Waals surface area contributed by atoms with E-state index in [4.69, 9.17) is 0 Å². The van der Waals surface area contributed by atoms with E-state index >= 15 is 0 Å². The number of sulfone groups is 1. The minimum Gasteiger partial charge on any atom is -0.315 e. The zero-order valence-electron chi connectivity index (χ0n) is 18.7. The number of carbonyl (C=O) groups excluding carboxylic acids is 2. The molecule has 0 spiro atoms. The number of amides is 2. The Hall–Kier alpha value is -2.67. The third-order valence-corrected chi connectivity index (χ3v) is 8.80. The summed E-state index contributed by atoms with van der Waals surface area (Å²) >= 11 is 0. The predicted octanol–water partition coefficient (Wildman–Crippen LogP) is 3.91. The predicted molar refractivity (Wildman–Crippen MR) is 124 cm³/mol. The molecule has 0 N–H and O–H groups in total. The van der Waals surface area contributed by atoms with Crippen LogP contribution in [-0.4, -0.2) is 47.9 Å². The second-order valence-electron chi connectivity index (χ2n) is 9.04. The molecule has 2 fully saturated rings. The van der Waals surface area contributed by atoms with E-state index in [9.17, 15) is 18.0 Å². The number of benzene rings is 1. The Balaban J connectivity index is 1.53. The summed E-state index contributed by atoms with van der Waals surface area (Å²) in [5, 5.41) is -0.236. The molecule has 0 aromatic heterocycles. The summed E-state index contributed by atoms with van der Waals surface area (Å²) in [6.07, 6.45) is 9.80. The van der Waals surface area contributed by atoms with Crippen LogP contribution in [-0.2, 0) is 19.4 Å². The number of hydrogen-bond acceptors (Lipinski definition) is 4. The molecule has 1 unspecified atom stereocenters. The van der Waals surface area contributed by atoms with Gasteiger partial charge in [0.05, 0.1) is 21.9 Å². The van der Waals surface area contributed by atoms with Gasteiger partial charge >= 0.3 is 0 Å². The normalized spacial score (nSPS) is 21.9. The molecule has 2 aliphatic carbocycles. The first-order chi connectivity index (χ1) is 15.2. The fourth-order valence-electron chi connectivity index (χ4n) is 4.27. The minimum absolute atomic E-state index is 0.0793. The molecule has 32 heavy (non-hydrogen) atoms. The maximum absolute atomic E-state index is 12.8. The molecule has 1 heterocycles. The zero-order valence-corrected chi connectivity index (χ0v) is 19.5. The van der Waals surface area contributed by atoms with Crippen molar-refractivity contribution in [3.63, 3.8) is 0 Å². The van der Waals surface area contributed by atoms with Crippen molar-refractivity contribution in [3.05, 3.63) is 60.5 Å². The standard InChI is InChI=1S/C25H30N2O4S/c1-17(20-8-11-23(12-9-20)32(30,31)24-13-14-24)7-10-22-16-26(25(29)21-5-4-6-21)15-18(2)27(22)19(3)28/h7-12,16,18,21,24H,1,4-6,13-15H2,2-3H3/b10-7-. The van der Waals surface area contributed by atoms with E-state index in [2.05, 4.69) is 6.58 Å². The number of carbonyl (C=O) groups is 2. The molecule has 1 atom stereocenters. The zero-order chi connectivity index (χ0) is 23.0. The molecule has 0 saturated heterocycles. The fourth-order valence-corrected chi connectivity index (χ4v) is 5.92. The SMILES string of the molecule is C=C(/C=C\C1=CN(C(=O)C2CCC2)CC(C)N1C(C)=O)c1ccc(S(=O)(=O)C2CC2)cc1. The van der Waals surface area contributed by atoms with Crippen molar-refractivity contribution in [1.82, 2.24) is 9.80 Å². The van der Waals surface area contributed by atoms with Crippen LogP contribution in [0.15, 0.2) is 59.8 Å². The van der Waals surface area contributed by atoms with Gasteiger partial charge in [-0.25, -0.2) is 8.42 Å². The highest BCUT2D eigenvalue weighted by Crippen LogP contribution is 2.34. The quantitative estimate of drug-likeness (QED) is 0.611. The molecule has 1 aliphatic heterocycles. The first-order valence-corrected chi connectivity index (χ1v) is 12.8. The summed E-state index contributed by atoms with van der Waals surface area (Å²) in [5.74, 6) is 0.140. The van der Waals surface area contributed by atoms with Crippen LogP contribution < -0.4 is 0 Å². The average molecular weight is 455 g/mol. The Bertz CT molecular complexity index is 1090. The van der Waals surface area contributed by atoms with E-state index in [1.165, 1.54) is 6.92 Å². The monoisotopic (exact) mass is 454 g/mol. The van der Waals surface area contributed by atoms with Crippen LogP contribution in [0.5, 0.6) is 0 Å². The molecule has 2 saturated carbocycles. The third-order valence-electron chi connectivity index (χ3n) is 6.52. The summed E-state index contributed by atoms with van der Waals surface area (Å²) in [4.78, 5) is 28.8. The molecule has 6 nitrogen and oxygen atoms in total. The Morgan fingerprint density at radius 2 is 1.75 bits per heavy atom. The van der Waals surface area contributed by atoms with E-state index in [0.29, 0.717) is 22.7 Å². The molecular formula is C25H30N2O4S. The van der Waals surface area contributed by atoms with Crippen LogP contribution in [0.25, 0.3) is 5.57 Å². The third kappa shape index (κ3) is 4.44. The van der Waals surface area contributed by atoms with Crippen molar-refractivity contribution in [2.45, 2.75) is 62.1 Å². The smallest absolute Gasteiger partial charge is 0.229 e. The van der Waals surface area contributed by atoms with Crippen LogP contribution in [0.4, 0.5) is 0 Å². The van der Waals surface area contributed by atoms with Crippen molar-refractivity contribution in [2.75, 3.05) is 6.54 Å². The van der Waals surface area contributed by atoms with Crippen LogP contribution >= 0.6 is 0 Å². The number of nitrogens with zero attached hydrogens (tertiary/aromatic N) is 2. The van der Waals surface area contributed by atoms with Crippen molar-refractivity contribution in [2.24, 2.45) is 5.92 Å². The fraction of sp³-hybridized carbons (Fsp3) is 0.440. The van der Waals surface area contributed by atoms with E-state index < -0.39 is 9.84 Å². The second-order valence-corrected chi connectivity index (χ2v) is 11.3. The highest BCUT2D eigenvalue weighted by molar-refractivity contribution is 7.92. The van der Waals surface area contributed by atoms with Gasteiger partial charge < -0.3 is 9.80 Å². The van der Waals surface area contributed by atoms with Crippen LogP contribution in [0, 0.1) is 5.92 Å². The summed E-state index contributed by atoms with van der Waals surface area (Å²) in [6, 6.07) is 6.65. The first-order valence-electron chi connectivity index (χ1n) is 11.2. The van der Waals surface area contributed by atoms with Crippen molar-refractivity contribution in [3.8, 4) is 0 Å². The topological polar surface area (TPSA) is 74.8 Å². The lowest BCUT2D eigenvalue weighted by atomic mass is 9.84. The Labute approximate surface area is 190 Å². The van der Waals surface area contributed by atoms with Gasteiger partial charge in [-0.2, -0.15) is 0 Å². The molecule has 4 rings (SSSR count). The Morgan fingerprint density at radius 3 is 2.28 bits per heavy atom. The molecule has 170 valence electrons. The van der Waals surface area contributed by atoms with E-state index in [1.54, 1.807) is 52.4 Å². The molecule has 0 bridgehead atoms. The Morgan fingerprint density at radius 1 is 1.09 bits per heavy atom. The van der Waals surface area contributed by atoms with Gasteiger partial charge in [-0.05, 0) is 62.0 Å². The van der Waals surface area contributed by atoms with Gasteiger partial charge in [-0.3, -0.25) is 9.59 Å². The van der Waals surface area contributed by atoms with E-state index in [-0.39, 0.29) is 29.0 Å². The van der Waals surface area contributed by atoms with Gasteiger partial charge in [-0.15, -0.1) is 0 Å². The summed E-state index contributed by atoms with van der Waals surface area (Å²) in [6.45, 7) is 8.05. The average Bonchev–Trinajstić information content (AvgIpc) is 3.56. The van der Waals surface area contributed by atoms with Crippen molar-refractivity contribution < 1.29 is 18.0 Å². The van der Waals surface area contributed by atoms with Gasteiger partial charge in [0.2, 0.25) is 11.8 Å². The lowest BCUT2D eigenvalue weighted by Crippen LogP contribution is -2.50. The van der Waals surface area contributed by atoms with Crippen LogP contribution in [0.2, 0.25) is 0 Å². The second kappa shape index (κ2) is 8.70. The summed E-state index contributed by atoms with van der Waals surface area (Å²) in [5.41, 5.74) is 2.15. The molecule has 1 aromatic carbocycles. The van der Waals surface area contributed by atoms with E-state index in [0.717, 1.165) is 37.7 Å². The van der Waals surface area contributed by atoms with Gasteiger partial charge in [0, 0.05) is 25.6 Å². The lowest BCUT2D eigenvalue weighted by molar-refractivity contribution is -0.139. The van der Waals surface area contributed by atoms with Crippen LogP contribution in [0.1, 0.15) is 51.5 Å². The maximum Gasteiger partial charge on any atom is 0.229 e. The van der Waals surface area contributed by atoms with Gasteiger partial charge in [0.1, 0.15) is 0 Å². The van der Waals surface area contributed by atoms with Gasteiger partial charge in [0.15, 0.2) is 9.84 Å². The van der Waals surface area contributed by atoms with Crippen molar-refractivity contribution >= 4 is 27.2 Å². The summed E-state index contributed by atoms with van der Waals surface area (Å²) in [7, 11) is -3.22. The van der Waals surface area contributed by atoms with Gasteiger partial charge in [-0.1, -0.05) is 31.2 Å². The molecule has 7 heteroatoms. The summed E-state index contributed by atoms with van der Waals surface area (Å²) < 4.78 is 24.8. The minimum atomic E-state index is -3.22. The number of allylic oxidation sites excluding steroid dienone is 3. The van der Waals surface area contributed by atoms with E-state index in [1.807, 2.05) is 6.92 Å². The van der Waals surface area contributed by atoms with Gasteiger partial charge in [0.25, 0.3) is 0 Å². The number of rotatable bonds is 6. The molecule has 2 amide bonds. The highest BCUT2D eigenvalue weighted by atomic mass is 32.2. The molecule has 0 radical (unpaired) electrons. The highest BCUT2D eigenvalue weighted by Gasteiger charge is 2.37. The maximum atomic E-state index is 12.8. The largest absolute Gasteiger partial charge is 0.315 e. The van der Waals surface area contributed by atoms with Crippen molar-refractivity contribution in [1.29, 1.82) is 0 Å². The molecule has 3 aliphatic rings. The first kappa shape index (κ1) is 22.5.